The van der Waals surface area contributed by atoms with Crippen molar-refractivity contribution in [1.29, 1.82) is 0 Å². The number of phenolic OH excluding ortho intramolecular Hbond substituents is 2. The first-order valence-corrected chi connectivity index (χ1v) is 5.63. The number of phenols is 2. The van der Waals surface area contributed by atoms with E-state index in [1.165, 1.54) is 19.9 Å². The maximum Gasteiger partial charge on any atom is 0.227 e. The minimum atomic E-state index is -0.345. The lowest BCUT2D eigenvalue weighted by atomic mass is 10.0. The lowest BCUT2D eigenvalue weighted by Crippen LogP contribution is -2.18. The molecule has 1 aromatic carbocycles. The number of carbonyl (C=O) groups excluding carboxylic acids is 2. The molecule has 0 aliphatic carbocycles. The van der Waals surface area contributed by atoms with Gasteiger partial charge in [0.05, 0.1) is 11.3 Å². The SMILES string of the molecule is CC(=O)c1c(O)cc(NC(=O)C(C)C)c(O)c1C. The van der Waals surface area contributed by atoms with E-state index in [-0.39, 0.29) is 45.9 Å². The van der Waals surface area contributed by atoms with Gasteiger partial charge in [0, 0.05) is 17.5 Å². The second-order valence-electron chi connectivity index (χ2n) is 4.49. The highest BCUT2D eigenvalue weighted by atomic mass is 16.3. The molecular formula is C13H17NO4. The van der Waals surface area contributed by atoms with Crippen LogP contribution in [-0.4, -0.2) is 21.9 Å². The highest BCUT2D eigenvalue weighted by Crippen LogP contribution is 2.36. The van der Waals surface area contributed by atoms with E-state index in [0.29, 0.717) is 0 Å². The third kappa shape index (κ3) is 2.61. The maximum absolute atomic E-state index is 11.5. The molecule has 1 rings (SSSR count). The number of anilines is 1. The number of carbonyl (C=O) groups is 2. The standard InChI is InChI=1S/C13H17NO4/c1-6(2)13(18)14-9-5-10(16)11(8(4)15)7(3)12(9)17/h5-6,16-17H,1-4H3,(H,14,18). The summed E-state index contributed by atoms with van der Waals surface area (Å²) >= 11 is 0. The number of aromatic hydroxyl groups is 2. The Kier molecular flexibility index (Phi) is 3.96. The minimum Gasteiger partial charge on any atom is -0.507 e. The molecule has 0 saturated heterocycles. The fraction of sp³-hybridized carbons (Fsp3) is 0.385. The first-order chi connectivity index (χ1) is 8.25. The third-order valence-corrected chi connectivity index (χ3v) is 2.66. The van der Waals surface area contributed by atoms with Gasteiger partial charge in [-0.25, -0.2) is 0 Å². The molecule has 0 aliphatic heterocycles. The van der Waals surface area contributed by atoms with E-state index in [0.717, 1.165) is 0 Å². The van der Waals surface area contributed by atoms with Crippen LogP contribution in [0.2, 0.25) is 0 Å². The van der Waals surface area contributed by atoms with Crippen LogP contribution in [0.5, 0.6) is 11.5 Å². The van der Waals surface area contributed by atoms with E-state index in [1.807, 2.05) is 0 Å². The number of hydrogen-bond acceptors (Lipinski definition) is 4. The number of rotatable bonds is 3. The normalized spacial score (nSPS) is 10.5. The molecule has 0 bridgehead atoms. The van der Waals surface area contributed by atoms with Gasteiger partial charge in [0.15, 0.2) is 5.78 Å². The van der Waals surface area contributed by atoms with Crippen molar-refractivity contribution in [2.24, 2.45) is 5.92 Å². The molecule has 0 unspecified atom stereocenters. The second-order valence-corrected chi connectivity index (χ2v) is 4.49. The first kappa shape index (κ1) is 14.0. The van der Waals surface area contributed by atoms with Gasteiger partial charge >= 0.3 is 0 Å². The molecule has 1 amide bonds. The number of amides is 1. The summed E-state index contributed by atoms with van der Waals surface area (Å²) in [4.78, 5) is 22.9. The summed E-state index contributed by atoms with van der Waals surface area (Å²) in [5.74, 6) is -1.33. The Bertz CT molecular complexity index is 506. The minimum absolute atomic E-state index is 0.0649. The molecular weight excluding hydrogens is 234 g/mol. The van der Waals surface area contributed by atoms with Gasteiger partial charge < -0.3 is 15.5 Å². The largest absolute Gasteiger partial charge is 0.507 e. The summed E-state index contributed by atoms with van der Waals surface area (Å²) in [5.41, 5.74) is 0.422. The van der Waals surface area contributed by atoms with Crippen LogP contribution in [-0.2, 0) is 4.79 Å². The molecule has 5 heteroatoms. The molecule has 1 aromatic rings. The maximum atomic E-state index is 11.5. The van der Waals surface area contributed by atoms with Gasteiger partial charge in [0.1, 0.15) is 11.5 Å². The van der Waals surface area contributed by atoms with E-state index >= 15 is 0 Å². The van der Waals surface area contributed by atoms with Crippen LogP contribution in [0.4, 0.5) is 5.69 Å². The molecule has 0 radical (unpaired) electrons. The monoisotopic (exact) mass is 251 g/mol. The molecule has 0 saturated carbocycles. The Labute approximate surface area is 105 Å². The van der Waals surface area contributed by atoms with Crippen LogP contribution in [0.3, 0.4) is 0 Å². The van der Waals surface area contributed by atoms with E-state index in [9.17, 15) is 19.8 Å². The van der Waals surface area contributed by atoms with Gasteiger partial charge in [0.2, 0.25) is 5.91 Å². The lowest BCUT2D eigenvalue weighted by Gasteiger charge is -2.14. The molecule has 18 heavy (non-hydrogen) atoms. The summed E-state index contributed by atoms with van der Waals surface area (Å²) in [5, 5.41) is 22.1. The average Bonchev–Trinajstić information content (AvgIpc) is 2.24. The van der Waals surface area contributed by atoms with Crippen molar-refractivity contribution in [1.82, 2.24) is 0 Å². The lowest BCUT2D eigenvalue weighted by molar-refractivity contribution is -0.118. The Balaban J connectivity index is 3.26. The van der Waals surface area contributed by atoms with E-state index in [2.05, 4.69) is 5.32 Å². The fourth-order valence-corrected chi connectivity index (χ4v) is 1.61. The number of Topliss-reactive ketones (excluding diaryl/α,β-unsaturated/α-hetero) is 1. The van der Waals surface area contributed by atoms with Crippen LogP contribution >= 0.6 is 0 Å². The Hall–Kier alpha value is -2.04. The summed E-state index contributed by atoms with van der Waals surface area (Å²) in [7, 11) is 0. The molecule has 0 fully saturated rings. The summed E-state index contributed by atoms with van der Waals surface area (Å²) < 4.78 is 0. The molecule has 0 spiro atoms. The van der Waals surface area contributed by atoms with Crippen molar-refractivity contribution in [2.75, 3.05) is 5.32 Å². The predicted molar refractivity (Wildman–Crippen MR) is 68.0 cm³/mol. The Morgan fingerprint density at radius 2 is 1.83 bits per heavy atom. The topological polar surface area (TPSA) is 86.6 Å². The molecule has 0 atom stereocenters. The average molecular weight is 251 g/mol. The predicted octanol–water partition coefficient (Wildman–Crippen LogP) is 2.20. The van der Waals surface area contributed by atoms with Gasteiger partial charge in [-0.1, -0.05) is 13.8 Å². The van der Waals surface area contributed by atoms with Crippen LogP contribution in [0, 0.1) is 12.8 Å². The quantitative estimate of drug-likeness (QED) is 0.436. The van der Waals surface area contributed by atoms with Crippen LogP contribution < -0.4 is 5.32 Å². The van der Waals surface area contributed by atoms with Crippen LogP contribution in [0.25, 0.3) is 0 Å². The zero-order valence-electron chi connectivity index (χ0n) is 10.9. The number of benzene rings is 1. The Morgan fingerprint density at radius 1 is 1.28 bits per heavy atom. The number of ketones is 1. The highest BCUT2D eigenvalue weighted by Gasteiger charge is 2.19. The van der Waals surface area contributed by atoms with E-state index < -0.39 is 0 Å². The van der Waals surface area contributed by atoms with Crippen LogP contribution in [0.15, 0.2) is 6.07 Å². The van der Waals surface area contributed by atoms with E-state index in [1.54, 1.807) is 13.8 Å². The fourth-order valence-electron chi connectivity index (χ4n) is 1.61. The zero-order chi connectivity index (χ0) is 14.0. The summed E-state index contributed by atoms with van der Waals surface area (Å²) in [6, 6.07) is 1.18. The number of nitrogens with one attached hydrogen (secondary N) is 1. The molecule has 98 valence electrons. The molecule has 0 aliphatic rings. The first-order valence-electron chi connectivity index (χ1n) is 5.63. The van der Waals surface area contributed by atoms with Crippen molar-refractivity contribution < 1.29 is 19.8 Å². The third-order valence-electron chi connectivity index (χ3n) is 2.66. The highest BCUT2D eigenvalue weighted by molar-refractivity contribution is 6.01. The van der Waals surface area contributed by atoms with Crippen molar-refractivity contribution >= 4 is 17.4 Å². The van der Waals surface area contributed by atoms with Crippen molar-refractivity contribution in [2.45, 2.75) is 27.7 Å². The van der Waals surface area contributed by atoms with Crippen molar-refractivity contribution in [3.8, 4) is 11.5 Å². The number of hydrogen-bond donors (Lipinski definition) is 3. The van der Waals surface area contributed by atoms with Gasteiger partial charge in [-0.15, -0.1) is 0 Å². The molecule has 0 heterocycles. The smallest absolute Gasteiger partial charge is 0.227 e. The second kappa shape index (κ2) is 5.08. The van der Waals surface area contributed by atoms with Gasteiger partial charge in [-0.05, 0) is 13.8 Å². The molecule has 5 nitrogen and oxygen atoms in total. The van der Waals surface area contributed by atoms with Crippen molar-refractivity contribution in [3.05, 3.63) is 17.2 Å². The zero-order valence-corrected chi connectivity index (χ0v) is 10.9. The summed E-state index contributed by atoms with van der Waals surface area (Å²) in [6.45, 7) is 6.23. The van der Waals surface area contributed by atoms with Crippen molar-refractivity contribution in [3.63, 3.8) is 0 Å². The molecule has 3 N–H and O–H groups in total. The molecule has 0 aromatic heterocycles. The van der Waals surface area contributed by atoms with Gasteiger partial charge in [-0.3, -0.25) is 9.59 Å². The van der Waals surface area contributed by atoms with Gasteiger partial charge in [0.25, 0.3) is 0 Å². The summed E-state index contributed by atoms with van der Waals surface area (Å²) in [6.07, 6.45) is 0. The Morgan fingerprint density at radius 3 is 2.28 bits per heavy atom. The van der Waals surface area contributed by atoms with E-state index in [4.69, 9.17) is 0 Å². The van der Waals surface area contributed by atoms with Gasteiger partial charge in [-0.2, -0.15) is 0 Å². The van der Waals surface area contributed by atoms with Crippen LogP contribution in [0.1, 0.15) is 36.7 Å².